The molecule has 2 rings (SSSR count). The van der Waals surface area contributed by atoms with Crippen LogP contribution in [0.1, 0.15) is 17.3 Å². The zero-order valence-electron chi connectivity index (χ0n) is 10.1. The summed E-state index contributed by atoms with van der Waals surface area (Å²) in [6, 6.07) is 1.22. The Morgan fingerprint density at radius 1 is 1.42 bits per heavy atom. The molecule has 0 saturated carbocycles. The average molecular weight is 287 g/mol. The number of ketones is 1. The largest absolute Gasteiger partial charge is 0.505 e. The molecule has 0 amide bonds. The van der Waals surface area contributed by atoms with Gasteiger partial charge in [-0.15, -0.1) is 0 Å². The lowest BCUT2D eigenvalue weighted by molar-refractivity contribution is -0.137. The van der Waals surface area contributed by atoms with E-state index in [2.05, 4.69) is 4.74 Å². The maximum Gasteiger partial charge on any atom is 0.379 e. The topological polar surface area (TPSA) is 82.1 Å². The number of phenolic OH excluding ortho intramolecular Hbond substituents is 1. The summed E-state index contributed by atoms with van der Waals surface area (Å²) in [4.78, 5) is 23.2. The Morgan fingerprint density at radius 2 is 2.11 bits per heavy atom. The van der Waals surface area contributed by atoms with Gasteiger partial charge in [-0.05, 0) is 13.0 Å². The Bertz CT molecular complexity index is 540. The standard InChI is InChI=1S/C12H11ClO6/c1-2-17-12(16)10(15)6-5-7-11(8(13)9(6)14)19-4-3-18-7/h5,14H,2-4H2,1H3. The zero-order chi connectivity index (χ0) is 14.0. The fourth-order valence-electron chi connectivity index (χ4n) is 1.62. The molecule has 0 aliphatic carbocycles. The number of phenols is 1. The van der Waals surface area contributed by atoms with E-state index in [1.807, 2.05) is 0 Å². The number of carbonyl (C=O) groups is 2. The molecule has 0 atom stereocenters. The monoisotopic (exact) mass is 286 g/mol. The Hall–Kier alpha value is -1.95. The van der Waals surface area contributed by atoms with Crippen LogP contribution in [0.25, 0.3) is 0 Å². The Kier molecular flexibility index (Phi) is 3.80. The van der Waals surface area contributed by atoms with Gasteiger partial charge >= 0.3 is 5.97 Å². The van der Waals surface area contributed by atoms with E-state index in [0.717, 1.165) is 0 Å². The third kappa shape index (κ3) is 2.44. The van der Waals surface area contributed by atoms with Crippen molar-refractivity contribution in [3.63, 3.8) is 0 Å². The Balaban J connectivity index is 2.44. The van der Waals surface area contributed by atoms with Gasteiger partial charge in [-0.3, -0.25) is 4.79 Å². The quantitative estimate of drug-likeness (QED) is 0.516. The molecule has 1 aliphatic rings. The van der Waals surface area contributed by atoms with Crippen molar-refractivity contribution in [2.24, 2.45) is 0 Å². The lowest BCUT2D eigenvalue weighted by atomic mass is 10.1. The molecule has 102 valence electrons. The molecule has 19 heavy (non-hydrogen) atoms. The van der Waals surface area contributed by atoms with Crippen molar-refractivity contribution < 1.29 is 28.9 Å². The summed E-state index contributed by atoms with van der Waals surface area (Å²) >= 11 is 5.88. The van der Waals surface area contributed by atoms with Crippen molar-refractivity contribution in [3.05, 3.63) is 16.7 Å². The number of hydrogen-bond acceptors (Lipinski definition) is 6. The van der Waals surface area contributed by atoms with E-state index in [1.54, 1.807) is 6.92 Å². The smallest absolute Gasteiger partial charge is 0.379 e. The SMILES string of the molecule is CCOC(=O)C(=O)c1cc2c(c(Cl)c1O)OCCO2. The normalized spacial score (nSPS) is 12.9. The van der Waals surface area contributed by atoms with E-state index < -0.39 is 17.5 Å². The van der Waals surface area contributed by atoms with Crippen LogP contribution in [0.15, 0.2) is 6.07 Å². The third-order valence-corrected chi connectivity index (χ3v) is 2.81. The molecule has 0 bridgehead atoms. The van der Waals surface area contributed by atoms with Gasteiger partial charge in [0.15, 0.2) is 11.5 Å². The fourth-order valence-corrected chi connectivity index (χ4v) is 1.87. The lowest BCUT2D eigenvalue weighted by Gasteiger charge is -2.20. The molecule has 0 unspecified atom stereocenters. The highest BCUT2D eigenvalue weighted by molar-refractivity contribution is 6.43. The number of carbonyl (C=O) groups excluding carboxylic acids is 2. The summed E-state index contributed by atoms with van der Waals surface area (Å²) < 4.78 is 15.1. The van der Waals surface area contributed by atoms with E-state index in [9.17, 15) is 14.7 Å². The average Bonchev–Trinajstić information content (AvgIpc) is 2.42. The maximum atomic E-state index is 11.8. The summed E-state index contributed by atoms with van der Waals surface area (Å²) in [5.41, 5.74) is -0.271. The van der Waals surface area contributed by atoms with E-state index in [4.69, 9.17) is 21.1 Å². The minimum atomic E-state index is -1.06. The highest BCUT2D eigenvalue weighted by Gasteiger charge is 2.28. The first-order valence-corrected chi connectivity index (χ1v) is 5.96. The van der Waals surface area contributed by atoms with Gasteiger partial charge in [-0.25, -0.2) is 4.79 Å². The summed E-state index contributed by atoms with van der Waals surface area (Å²) in [6.07, 6.45) is 0. The predicted molar refractivity (Wildman–Crippen MR) is 65.1 cm³/mol. The molecule has 1 aromatic rings. The van der Waals surface area contributed by atoms with Crippen LogP contribution >= 0.6 is 11.6 Å². The van der Waals surface area contributed by atoms with E-state index in [-0.39, 0.29) is 35.3 Å². The maximum absolute atomic E-state index is 11.8. The van der Waals surface area contributed by atoms with E-state index in [1.165, 1.54) is 6.07 Å². The van der Waals surface area contributed by atoms with Crippen molar-refractivity contribution in [2.45, 2.75) is 6.92 Å². The number of aromatic hydroxyl groups is 1. The molecule has 0 spiro atoms. The summed E-state index contributed by atoms with van der Waals surface area (Å²) in [7, 11) is 0. The molecular formula is C12H11ClO6. The van der Waals surface area contributed by atoms with Crippen molar-refractivity contribution >= 4 is 23.4 Å². The van der Waals surface area contributed by atoms with Crippen LogP contribution in [0, 0.1) is 0 Å². The molecule has 1 aliphatic heterocycles. The van der Waals surface area contributed by atoms with Crippen LogP contribution in [0.3, 0.4) is 0 Å². The van der Waals surface area contributed by atoms with Crippen molar-refractivity contribution in [1.82, 2.24) is 0 Å². The third-order valence-electron chi connectivity index (χ3n) is 2.45. The molecule has 1 N–H and O–H groups in total. The fraction of sp³-hybridized carbons (Fsp3) is 0.333. The van der Waals surface area contributed by atoms with Gasteiger partial charge in [-0.1, -0.05) is 11.6 Å². The highest BCUT2D eigenvalue weighted by Crippen LogP contribution is 2.45. The van der Waals surface area contributed by atoms with Gasteiger partial charge < -0.3 is 19.3 Å². The molecular weight excluding hydrogens is 276 g/mol. The second kappa shape index (κ2) is 5.36. The molecule has 0 aromatic heterocycles. The number of hydrogen-bond donors (Lipinski definition) is 1. The highest BCUT2D eigenvalue weighted by atomic mass is 35.5. The van der Waals surface area contributed by atoms with Gasteiger partial charge in [0.1, 0.15) is 24.0 Å². The van der Waals surface area contributed by atoms with Gasteiger partial charge in [0.2, 0.25) is 0 Å². The molecule has 1 aromatic carbocycles. The second-order valence-electron chi connectivity index (χ2n) is 3.66. The molecule has 0 radical (unpaired) electrons. The number of benzene rings is 1. The lowest BCUT2D eigenvalue weighted by Crippen LogP contribution is -2.20. The first kappa shape index (κ1) is 13.5. The second-order valence-corrected chi connectivity index (χ2v) is 4.04. The van der Waals surface area contributed by atoms with E-state index in [0.29, 0.717) is 6.61 Å². The summed E-state index contributed by atoms with van der Waals surface area (Å²) in [5.74, 6) is -2.21. The number of rotatable bonds is 3. The van der Waals surface area contributed by atoms with E-state index >= 15 is 0 Å². The van der Waals surface area contributed by atoms with Gasteiger partial charge in [-0.2, -0.15) is 0 Å². The van der Waals surface area contributed by atoms with Crippen LogP contribution in [0.2, 0.25) is 5.02 Å². The van der Waals surface area contributed by atoms with Crippen LogP contribution < -0.4 is 9.47 Å². The number of esters is 1. The molecule has 0 fully saturated rings. The van der Waals surface area contributed by atoms with Crippen LogP contribution in [-0.4, -0.2) is 36.7 Å². The minimum absolute atomic E-state index is 0.0591. The molecule has 6 nitrogen and oxygen atoms in total. The molecule has 1 heterocycles. The van der Waals surface area contributed by atoms with Crippen LogP contribution in [-0.2, 0) is 9.53 Å². The first-order valence-electron chi connectivity index (χ1n) is 5.58. The Labute approximate surface area is 113 Å². The molecule has 7 heteroatoms. The van der Waals surface area contributed by atoms with Crippen LogP contribution in [0.5, 0.6) is 17.2 Å². The van der Waals surface area contributed by atoms with Crippen LogP contribution in [0.4, 0.5) is 0 Å². The van der Waals surface area contributed by atoms with Crippen molar-refractivity contribution in [1.29, 1.82) is 0 Å². The predicted octanol–water partition coefficient (Wildman–Crippen LogP) is 1.56. The number of halogens is 1. The number of Topliss-reactive ketones (excluding diaryl/α,β-unsaturated/α-hetero) is 1. The van der Waals surface area contributed by atoms with Gasteiger partial charge in [0.05, 0.1) is 12.2 Å². The number of ether oxygens (including phenoxy) is 3. The Morgan fingerprint density at radius 3 is 2.79 bits per heavy atom. The zero-order valence-corrected chi connectivity index (χ0v) is 10.8. The minimum Gasteiger partial charge on any atom is -0.505 e. The van der Waals surface area contributed by atoms with Gasteiger partial charge in [0, 0.05) is 0 Å². The van der Waals surface area contributed by atoms with Gasteiger partial charge in [0.25, 0.3) is 5.78 Å². The van der Waals surface area contributed by atoms with Crippen molar-refractivity contribution in [3.8, 4) is 17.2 Å². The number of fused-ring (bicyclic) bond motifs is 1. The first-order chi connectivity index (χ1) is 9.06. The summed E-state index contributed by atoms with van der Waals surface area (Å²) in [5, 5.41) is 9.68. The molecule has 0 saturated heterocycles. The summed E-state index contributed by atoms with van der Waals surface area (Å²) in [6.45, 7) is 2.21. The van der Waals surface area contributed by atoms with Crippen molar-refractivity contribution in [2.75, 3.05) is 19.8 Å².